The Hall–Kier alpha value is -2.05. The van der Waals surface area contributed by atoms with Crippen LogP contribution in [0.5, 0.6) is 0 Å². The first-order valence-electron chi connectivity index (χ1n) is 9.01. The van der Waals surface area contributed by atoms with Crippen molar-refractivity contribution in [2.75, 3.05) is 13.1 Å². The maximum absolute atomic E-state index is 12.7. The lowest BCUT2D eigenvalue weighted by molar-refractivity contribution is -0.137. The van der Waals surface area contributed by atoms with Gasteiger partial charge >= 0.3 is 6.18 Å². The van der Waals surface area contributed by atoms with Crippen molar-refractivity contribution in [2.24, 2.45) is 5.73 Å². The van der Waals surface area contributed by atoms with Gasteiger partial charge in [0.25, 0.3) is 0 Å². The molecule has 1 saturated heterocycles. The summed E-state index contributed by atoms with van der Waals surface area (Å²) < 4.78 is 38.0. The third-order valence-electron chi connectivity index (χ3n) is 5.23. The fourth-order valence-electron chi connectivity index (χ4n) is 3.60. The number of nitrogens with two attached hydrogens (primary N) is 1. The van der Waals surface area contributed by atoms with Crippen LogP contribution in [0.4, 0.5) is 13.2 Å². The van der Waals surface area contributed by atoms with Crippen molar-refractivity contribution in [2.45, 2.75) is 37.4 Å². The van der Waals surface area contributed by atoms with Crippen LogP contribution < -0.4 is 5.73 Å². The van der Waals surface area contributed by atoms with Gasteiger partial charge in [-0.3, -0.25) is 4.79 Å². The Labute approximate surface area is 169 Å². The normalized spacial score (nSPS) is 20.5. The lowest BCUT2D eigenvalue weighted by atomic mass is 9.95. The van der Waals surface area contributed by atoms with Gasteiger partial charge in [0.1, 0.15) is 0 Å². The molecule has 3 nitrogen and oxygen atoms in total. The predicted molar refractivity (Wildman–Crippen MR) is 105 cm³/mol. The van der Waals surface area contributed by atoms with Gasteiger partial charge in [0.15, 0.2) is 0 Å². The Morgan fingerprint density at radius 1 is 1.11 bits per heavy atom. The lowest BCUT2D eigenvalue weighted by Crippen LogP contribution is -2.32. The SMILES string of the molecule is CC(CC(=O)N1C[C@@H](N)[C@H](c2ccccc2)C1)c1ccc(C(F)(F)F)cc1.Cl. The number of halogens is 4. The summed E-state index contributed by atoms with van der Waals surface area (Å²) in [6.07, 6.45) is -4.10. The molecule has 7 heteroatoms. The molecule has 28 heavy (non-hydrogen) atoms. The molecule has 2 aromatic rings. The van der Waals surface area contributed by atoms with Crippen LogP contribution in [-0.2, 0) is 11.0 Å². The smallest absolute Gasteiger partial charge is 0.340 e. The van der Waals surface area contributed by atoms with E-state index < -0.39 is 11.7 Å². The van der Waals surface area contributed by atoms with Crippen LogP contribution in [-0.4, -0.2) is 29.9 Å². The van der Waals surface area contributed by atoms with Crippen LogP contribution in [0.2, 0.25) is 0 Å². The summed E-state index contributed by atoms with van der Waals surface area (Å²) in [5, 5.41) is 0. The number of rotatable bonds is 4. The molecule has 0 aromatic heterocycles. The van der Waals surface area contributed by atoms with Crippen LogP contribution in [0.1, 0.15) is 41.9 Å². The van der Waals surface area contributed by atoms with Crippen molar-refractivity contribution in [3.8, 4) is 0 Å². The van der Waals surface area contributed by atoms with Crippen molar-refractivity contribution in [3.05, 3.63) is 71.3 Å². The summed E-state index contributed by atoms with van der Waals surface area (Å²) in [7, 11) is 0. The maximum Gasteiger partial charge on any atom is 0.416 e. The Kier molecular flexibility index (Phi) is 7.12. The molecule has 0 aliphatic carbocycles. The number of nitrogens with zero attached hydrogens (tertiary/aromatic N) is 1. The Bertz CT molecular complexity index is 780. The molecule has 0 bridgehead atoms. The first-order valence-corrected chi connectivity index (χ1v) is 9.01. The van der Waals surface area contributed by atoms with E-state index in [1.54, 1.807) is 4.90 Å². The first kappa shape index (κ1) is 22.2. The lowest BCUT2D eigenvalue weighted by Gasteiger charge is -2.20. The average molecular weight is 413 g/mol. The highest BCUT2D eigenvalue weighted by Gasteiger charge is 2.34. The summed E-state index contributed by atoms with van der Waals surface area (Å²) in [6, 6.07) is 14.8. The average Bonchev–Trinajstić information content (AvgIpc) is 3.04. The quantitative estimate of drug-likeness (QED) is 0.799. The Balaban J connectivity index is 0.00000280. The summed E-state index contributed by atoms with van der Waals surface area (Å²) in [6.45, 7) is 2.92. The molecule has 0 saturated carbocycles. The highest BCUT2D eigenvalue weighted by Crippen LogP contribution is 2.32. The molecule has 152 valence electrons. The first-order chi connectivity index (χ1) is 12.8. The van der Waals surface area contributed by atoms with E-state index in [0.29, 0.717) is 13.1 Å². The second-order valence-electron chi connectivity index (χ2n) is 7.20. The minimum Gasteiger partial charge on any atom is -0.340 e. The van der Waals surface area contributed by atoms with E-state index in [1.807, 2.05) is 37.3 Å². The number of carbonyl (C=O) groups excluding carboxylic acids is 1. The minimum atomic E-state index is -4.35. The van der Waals surface area contributed by atoms with E-state index in [9.17, 15) is 18.0 Å². The van der Waals surface area contributed by atoms with Gasteiger partial charge in [-0.25, -0.2) is 0 Å². The van der Waals surface area contributed by atoms with Gasteiger partial charge in [0.2, 0.25) is 5.91 Å². The monoisotopic (exact) mass is 412 g/mol. The number of hydrogen-bond donors (Lipinski definition) is 1. The van der Waals surface area contributed by atoms with Crippen LogP contribution in [0.25, 0.3) is 0 Å². The summed E-state index contributed by atoms with van der Waals surface area (Å²) in [4.78, 5) is 14.4. The number of hydrogen-bond acceptors (Lipinski definition) is 2. The molecule has 0 spiro atoms. The summed E-state index contributed by atoms with van der Waals surface area (Å²) in [5.41, 5.74) is 7.40. The highest BCUT2D eigenvalue weighted by atomic mass is 35.5. The number of alkyl halides is 3. The molecule has 1 aliphatic heterocycles. The molecule has 1 amide bonds. The minimum absolute atomic E-state index is 0. The zero-order valence-corrected chi connectivity index (χ0v) is 16.3. The second kappa shape index (κ2) is 8.97. The molecule has 0 radical (unpaired) electrons. The molecule has 1 aliphatic rings. The highest BCUT2D eigenvalue weighted by molar-refractivity contribution is 5.85. The van der Waals surface area contributed by atoms with Crippen LogP contribution in [0.15, 0.2) is 54.6 Å². The van der Waals surface area contributed by atoms with Crippen molar-refractivity contribution >= 4 is 18.3 Å². The van der Waals surface area contributed by atoms with E-state index in [1.165, 1.54) is 12.1 Å². The topological polar surface area (TPSA) is 46.3 Å². The van der Waals surface area contributed by atoms with Crippen LogP contribution >= 0.6 is 12.4 Å². The van der Waals surface area contributed by atoms with E-state index in [-0.39, 0.29) is 42.6 Å². The number of carbonyl (C=O) groups is 1. The standard InChI is InChI=1S/C21H23F3N2O.ClH/c1-14(15-7-9-17(10-8-15)21(22,23)24)11-20(27)26-12-18(19(25)13-26)16-5-3-2-4-6-16;/h2-10,14,18-19H,11-13,25H2,1H3;1H/t14?,18-,19+;/m0./s1. The van der Waals surface area contributed by atoms with E-state index in [4.69, 9.17) is 5.73 Å². The fourth-order valence-corrected chi connectivity index (χ4v) is 3.60. The van der Waals surface area contributed by atoms with Gasteiger partial charge in [-0.2, -0.15) is 13.2 Å². The molecular weight excluding hydrogens is 389 g/mol. The Morgan fingerprint density at radius 3 is 2.29 bits per heavy atom. The molecular formula is C21H24ClF3N2O. The third kappa shape index (κ3) is 5.06. The summed E-state index contributed by atoms with van der Waals surface area (Å²) in [5.74, 6) is -0.0698. The van der Waals surface area contributed by atoms with Gasteiger partial charge < -0.3 is 10.6 Å². The number of benzene rings is 2. The van der Waals surface area contributed by atoms with Crippen molar-refractivity contribution in [3.63, 3.8) is 0 Å². The Morgan fingerprint density at radius 2 is 1.71 bits per heavy atom. The van der Waals surface area contributed by atoms with Crippen LogP contribution in [0, 0.1) is 0 Å². The molecule has 1 heterocycles. The predicted octanol–water partition coefficient (Wildman–Crippen LogP) is 4.57. The van der Waals surface area contributed by atoms with Crippen molar-refractivity contribution < 1.29 is 18.0 Å². The summed E-state index contributed by atoms with van der Waals surface area (Å²) >= 11 is 0. The van der Waals surface area contributed by atoms with Gasteiger partial charge in [0, 0.05) is 31.5 Å². The zero-order valence-electron chi connectivity index (χ0n) is 15.5. The fraction of sp³-hybridized carbons (Fsp3) is 0.381. The molecule has 1 fully saturated rings. The van der Waals surface area contributed by atoms with E-state index in [2.05, 4.69) is 0 Å². The zero-order chi connectivity index (χ0) is 19.6. The van der Waals surface area contributed by atoms with Gasteiger partial charge in [-0.15, -0.1) is 12.4 Å². The van der Waals surface area contributed by atoms with Gasteiger partial charge in [-0.05, 0) is 29.2 Å². The number of likely N-dealkylation sites (tertiary alicyclic amines) is 1. The van der Waals surface area contributed by atoms with Crippen molar-refractivity contribution in [1.29, 1.82) is 0 Å². The third-order valence-corrected chi connectivity index (χ3v) is 5.23. The van der Waals surface area contributed by atoms with Gasteiger partial charge in [0.05, 0.1) is 5.56 Å². The molecule has 1 unspecified atom stereocenters. The molecule has 2 N–H and O–H groups in total. The largest absolute Gasteiger partial charge is 0.416 e. The van der Waals surface area contributed by atoms with Gasteiger partial charge in [-0.1, -0.05) is 49.4 Å². The molecule has 3 atom stereocenters. The van der Waals surface area contributed by atoms with Crippen molar-refractivity contribution in [1.82, 2.24) is 4.90 Å². The maximum atomic E-state index is 12.7. The molecule has 3 rings (SSSR count). The number of amides is 1. The van der Waals surface area contributed by atoms with E-state index >= 15 is 0 Å². The van der Waals surface area contributed by atoms with Crippen LogP contribution in [0.3, 0.4) is 0 Å². The second-order valence-corrected chi connectivity index (χ2v) is 7.20. The van der Waals surface area contributed by atoms with E-state index in [0.717, 1.165) is 23.3 Å². The molecule has 2 aromatic carbocycles.